The van der Waals surface area contributed by atoms with Crippen molar-refractivity contribution in [3.05, 3.63) is 0 Å². The minimum absolute atomic E-state index is 0.365. The topological polar surface area (TPSA) is 26.8 Å². The molecule has 0 unspecified atom stereocenters. The van der Waals surface area contributed by atoms with E-state index >= 15 is 0 Å². The van der Waals surface area contributed by atoms with E-state index in [1.807, 2.05) is 0 Å². The van der Waals surface area contributed by atoms with E-state index in [1.54, 1.807) is 0 Å². The third-order valence-electron chi connectivity index (χ3n) is 5.21. The monoisotopic (exact) mass is 295 g/mol. The van der Waals surface area contributed by atoms with Crippen LogP contribution in [0.25, 0.3) is 0 Å². The van der Waals surface area contributed by atoms with Crippen LogP contribution in [-0.4, -0.2) is 72.5 Å². The van der Waals surface area contributed by atoms with Crippen LogP contribution in [-0.2, 0) is 4.79 Å². The zero-order valence-electron chi connectivity index (χ0n) is 14.2. The van der Waals surface area contributed by atoms with Gasteiger partial charge in [0, 0.05) is 45.2 Å². The number of likely N-dealkylation sites (tertiary alicyclic amines) is 1. The molecule has 0 aromatic carbocycles. The lowest BCUT2D eigenvalue weighted by atomic mass is 10.1. The van der Waals surface area contributed by atoms with Gasteiger partial charge in [-0.2, -0.15) is 0 Å². The average Bonchev–Trinajstić information content (AvgIpc) is 2.95. The van der Waals surface area contributed by atoms with Gasteiger partial charge in [0.2, 0.25) is 5.91 Å². The average molecular weight is 295 g/mol. The molecule has 4 heteroatoms. The molecule has 0 N–H and O–H groups in total. The summed E-state index contributed by atoms with van der Waals surface area (Å²) in [5.74, 6) is 1.26. The van der Waals surface area contributed by atoms with E-state index in [0.29, 0.717) is 11.9 Å². The molecule has 0 aliphatic carbocycles. The fourth-order valence-electron chi connectivity index (χ4n) is 3.55. The van der Waals surface area contributed by atoms with Crippen molar-refractivity contribution in [2.24, 2.45) is 5.92 Å². The lowest BCUT2D eigenvalue weighted by Gasteiger charge is -2.37. The number of piperazine rings is 1. The third-order valence-corrected chi connectivity index (χ3v) is 5.21. The highest BCUT2D eigenvalue weighted by atomic mass is 16.2. The summed E-state index contributed by atoms with van der Waals surface area (Å²) < 4.78 is 0. The predicted octanol–water partition coefficient (Wildman–Crippen LogP) is 2.05. The van der Waals surface area contributed by atoms with Crippen molar-refractivity contribution in [2.45, 2.75) is 52.5 Å². The number of amides is 1. The molecule has 2 fully saturated rings. The first-order valence-corrected chi connectivity index (χ1v) is 8.84. The number of carbonyl (C=O) groups excluding carboxylic acids is 1. The maximum absolute atomic E-state index is 12.3. The van der Waals surface area contributed by atoms with Gasteiger partial charge < -0.3 is 9.80 Å². The molecule has 0 spiro atoms. The molecule has 21 heavy (non-hydrogen) atoms. The molecule has 2 aliphatic rings. The zero-order valence-corrected chi connectivity index (χ0v) is 14.2. The summed E-state index contributed by atoms with van der Waals surface area (Å²) in [4.78, 5) is 19.3. The largest absolute Gasteiger partial charge is 0.340 e. The minimum atomic E-state index is 0.365. The Morgan fingerprint density at radius 3 is 2.43 bits per heavy atom. The van der Waals surface area contributed by atoms with E-state index in [0.717, 1.165) is 51.5 Å². The Kier molecular flexibility index (Phi) is 6.49. The molecule has 0 aromatic rings. The van der Waals surface area contributed by atoms with E-state index in [-0.39, 0.29) is 0 Å². The summed E-state index contributed by atoms with van der Waals surface area (Å²) in [5.41, 5.74) is 0. The van der Waals surface area contributed by atoms with Gasteiger partial charge >= 0.3 is 0 Å². The van der Waals surface area contributed by atoms with E-state index in [9.17, 15) is 4.79 Å². The molecule has 0 saturated carbocycles. The molecule has 2 saturated heterocycles. The summed E-state index contributed by atoms with van der Waals surface area (Å²) in [5, 5.41) is 0. The van der Waals surface area contributed by atoms with Gasteiger partial charge in [0.05, 0.1) is 0 Å². The summed E-state index contributed by atoms with van der Waals surface area (Å²) in [7, 11) is 0. The highest BCUT2D eigenvalue weighted by molar-refractivity contribution is 5.76. The molecule has 1 amide bonds. The molecular weight excluding hydrogens is 262 g/mol. The molecule has 4 nitrogen and oxygen atoms in total. The fraction of sp³-hybridized carbons (Fsp3) is 0.941. The second-order valence-corrected chi connectivity index (χ2v) is 6.98. The molecule has 2 rings (SSSR count). The van der Waals surface area contributed by atoms with Crippen molar-refractivity contribution >= 4 is 5.91 Å². The fourth-order valence-corrected chi connectivity index (χ4v) is 3.55. The van der Waals surface area contributed by atoms with Crippen molar-refractivity contribution in [3.63, 3.8) is 0 Å². The first-order valence-electron chi connectivity index (χ1n) is 8.84. The van der Waals surface area contributed by atoms with Gasteiger partial charge in [-0.3, -0.25) is 9.69 Å². The summed E-state index contributed by atoms with van der Waals surface area (Å²) in [6.45, 7) is 14.2. The molecular formula is C17H33N3O. The Labute approximate surface area is 130 Å². The van der Waals surface area contributed by atoms with Gasteiger partial charge in [-0.05, 0) is 45.7 Å². The van der Waals surface area contributed by atoms with Crippen LogP contribution in [0.5, 0.6) is 0 Å². The number of hydrogen-bond acceptors (Lipinski definition) is 3. The first kappa shape index (κ1) is 16.8. The molecule has 0 aromatic heterocycles. The maximum Gasteiger partial charge on any atom is 0.222 e. The molecule has 1 atom stereocenters. The van der Waals surface area contributed by atoms with Crippen LogP contribution in [0.3, 0.4) is 0 Å². The van der Waals surface area contributed by atoms with Gasteiger partial charge in [-0.15, -0.1) is 0 Å². The van der Waals surface area contributed by atoms with Crippen molar-refractivity contribution in [2.75, 3.05) is 45.8 Å². The summed E-state index contributed by atoms with van der Waals surface area (Å²) in [6.07, 6.45) is 4.41. The Morgan fingerprint density at radius 2 is 1.86 bits per heavy atom. The van der Waals surface area contributed by atoms with Crippen molar-refractivity contribution in [1.82, 2.24) is 14.7 Å². The quantitative estimate of drug-likeness (QED) is 0.750. The Bertz CT molecular complexity index is 324. The zero-order chi connectivity index (χ0) is 15.2. The van der Waals surface area contributed by atoms with Gasteiger partial charge in [0.25, 0.3) is 0 Å². The Balaban J connectivity index is 1.60. The van der Waals surface area contributed by atoms with Crippen LogP contribution in [0.2, 0.25) is 0 Å². The van der Waals surface area contributed by atoms with Crippen molar-refractivity contribution in [3.8, 4) is 0 Å². The summed E-state index contributed by atoms with van der Waals surface area (Å²) in [6, 6.07) is 0.601. The van der Waals surface area contributed by atoms with Gasteiger partial charge in [0.15, 0.2) is 0 Å². The van der Waals surface area contributed by atoms with Crippen LogP contribution < -0.4 is 0 Å². The minimum Gasteiger partial charge on any atom is -0.340 e. The van der Waals surface area contributed by atoms with Crippen LogP contribution >= 0.6 is 0 Å². The number of rotatable bonds is 6. The first-order chi connectivity index (χ1) is 10.1. The lowest BCUT2D eigenvalue weighted by molar-refractivity contribution is -0.133. The van der Waals surface area contributed by atoms with Crippen LogP contribution in [0.1, 0.15) is 46.5 Å². The second-order valence-electron chi connectivity index (χ2n) is 6.98. The molecule has 2 heterocycles. The molecule has 0 bridgehead atoms. The second kappa shape index (κ2) is 8.14. The van der Waals surface area contributed by atoms with E-state index in [1.165, 1.54) is 25.9 Å². The molecule has 0 radical (unpaired) electrons. The standard InChI is InChI=1S/C17H33N3O/c1-4-16-7-9-18(14-16)8-5-6-17(21)20-12-10-19(11-13-20)15(2)3/h15-16H,4-14H2,1-3H3/t16-/m0/s1. The molecule has 122 valence electrons. The van der Waals surface area contributed by atoms with E-state index < -0.39 is 0 Å². The Morgan fingerprint density at radius 1 is 1.14 bits per heavy atom. The molecule has 2 aliphatic heterocycles. The SMILES string of the molecule is CC[C@H]1CCN(CCCC(=O)N2CCN(C(C)C)CC2)C1. The van der Waals surface area contributed by atoms with Crippen LogP contribution in [0.4, 0.5) is 0 Å². The number of carbonyl (C=O) groups is 1. The van der Waals surface area contributed by atoms with E-state index in [4.69, 9.17) is 0 Å². The van der Waals surface area contributed by atoms with Crippen molar-refractivity contribution in [1.29, 1.82) is 0 Å². The number of hydrogen-bond donors (Lipinski definition) is 0. The summed E-state index contributed by atoms with van der Waals surface area (Å²) >= 11 is 0. The maximum atomic E-state index is 12.3. The van der Waals surface area contributed by atoms with Crippen LogP contribution in [0.15, 0.2) is 0 Å². The van der Waals surface area contributed by atoms with Gasteiger partial charge in [0.1, 0.15) is 0 Å². The normalized spacial score (nSPS) is 25.0. The van der Waals surface area contributed by atoms with E-state index in [2.05, 4.69) is 35.5 Å². The van der Waals surface area contributed by atoms with Crippen molar-refractivity contribution < 1.29 is 4.79 Å². The highest BCUT2D eigenvalue weighted by Gasteiger charge is 2.23. The van der Waals surface area contributed by atoms with Gasteiger partial charge in [-0.1, -0.05) is 13.3 Å². The van der Waals surface area contributed by atoms with Crippen LogP contribution in [0, 0.1) is 5.92 Å². The number of nitrogens with zero attached hydrogens (tertiary/aromatic N) is 3. The highest BCUT2D eigenvalue weighted by Crippen LogP contribution is 2.19. The smallest absolute Gasteiger partial charge is 0.222 e. The third kappa shape index (κ3) is 4.96. The lowest BCUT2D eigenvalue weighted by Crippen LogP contribution is -2.50. The Hall–Kier alpha value is -0.610. The predicted molar refractivity (Wildman–Crippen MR) is 87.4 cm³/mol. The van der Waals surface area contributed by atoms with Gasteiger partial charge in [-0.25, -0.2) is 0 Å².